The smallest absolute Gasteiger partial charge is 0.237 e. The van der Waals surface area contributed by atoms with Crippen molar-refractivity contribution in [3.05, 3.63) is 0 Å². The monoisotopic (exact) mass is 172 g/mol. The zero-order valence-electron chi connectivity index (χ0n) is 7.51. The van der Waals surface area contributed by atoms with Gasteiger partial charge in [0.05, 0.1) is 13.2 Å². The van der Waals surface area contributed by atoms with Crippen molar-refractivity contribution in [2.75, 3.05) is 33.0 Å². The van der Waals surface area contributed by atoms with Crippen LogP contribution in [0.2, 0.25) is 0 Å². The Morgan fingerprint density at radius 2 is 2.50 bits per heavy atom. The average Bonchev–Trinajstić information content (AvgIpc) is 2.46. The summed E-state index contributed by atoms with van der Waals surface area (Å²) in [6, 6.07) is 0. The van der Waals surface area contributed by atoms with Gasteiger partial charge in [0.2, 0.25) is 5.91 Å². The fraction of sp³-hybridized carbons (Fsp3) is 0.875. The van der Waals surface area contributed by atoms with Gasteiger partial charge in [-0.15, -0.1) is 0 Å². The van der Waals surface area contributed by atoms with Gasteiger partial charge in [-0.3, -0.25) is 10.1 Å². The maximum atomic E-state index is 11.1. The molecule has 12 heavy (non-hydrogen) atoms. The molecule has 1 amide bonds. The van der Waals surface area contributed by atoms with E-state index in [9.17, 15) is 4.79 Å². The van der Waals surface area contributed by atoms with Gasteiger partial charge < -0.3 is 9.64 Å². The van der Waals surface area contributed by atoms with Crippen molar-refractivity contribution in [2.45, 2.75) is 13.3 Å². The highest BCUT2D eigenvalue weighted by Gasteiger charge is 2.17. The van der Waals surface area contributed by atoms with E-state index in [2.05, 4.69) is 5.32 Å². The molecular weight excluding hydrogens is 156 g/mol. The van der Waals surface area contributed by atoms with Crippen LogP contribution >= 0.6 is 0 Å². The van der Waals surface area contributed by atoms with Gasteiger partial charge in [0.25, 0.3) is 0 Å². The Morgan fingerprint density at radius 1 is 1.67 bits per heavy atom. The number of carbonyl (C=O) groups excluding carboxylic acids is 1. The van der Waals surface area contributed by atoms with Crippen molar-refractivity contribution in [3.8, 4) is 0 Å². The molecule has 0 aromatic carbocycles. The van der Waals surface area contributed by atoms with Gasteiger partial charge >= 0.3 is 0 Å². The second-order valence-electron chi connectivity index (χ2n) is 2.79. The van der Waals surface area contributed by atoms with Crippen molar-refractivity contribution in [2.24, 2.45) is 0 Å². The van der Waals surface area contributed by atoms with Crippen LogP contribution in [-0.4, -0.2) is 43.8 Å². The third-order valence-electron chi connectivity index (χ3n) is 1.85. The quantitative estimate of drug-likeness (QED) is 0.584. The molecule has 1 fully saturated rings. The summed E-state index contributed by atoms with van der Waals surface area (Å²) < 4.78 is 5.17. The third-order valence-corrected chi connectivity index (χ3v) is 1.85. The van der Waals surface area contributed by atoms with Crippen molar-refractivity contribution < 1.29 is 9.53 Å². The summed E-state index contributed by atoms with van der Waals surface area (Å²) in [4.78, 5) is 12.9. The van der Waals surface area contributed by atoms with E-state index in [1.807, 2.05) is 11.8 Å². The molecule has 0 aromatic heterocycles. The van der Waals surface area contributed by atoms with Crippen molar-refractivity contribution in [1.29, 1.82) is 0 Å². The van der Waals surface area contributed by atoms with Crippen LogP contribution < -0.4 is 5.32 Å². The summed E-state index contributed by atoms with van der Waals surface area (Å²) in [7, 11) is 0. The second-order valence-corrected chi connectivity index (χ2v) is 2.79. The molecule has 1 aliphatic rings. The average molecular weight is 172 g/mol. The van der Waals surface area contributed by atoms with Gasteiger partial charge in [0.1, 0.15) is 0 Å². The zero-order chi connectivity index (χ0) is 8.81. The SMILES string of the molecule is CCOCCCN1CNCC1=O. The summed E-state index contributed by atoms with van der Waals surface area (Å²) in [6.07, 6.45) is 0.932. The van der Waals surface area contributed by atoms with Crippen LogP contribution in [0.1, 0.15) is 13.3 Å². The summed E-state index contributed by atoms with van der Waals surface area (Å²) in [5.74, 6) is 0.200. The minimum absolute atomic E-state index is 0.200. The maximum absolute atomic E-state index is 11.1. The molecule has 1 saturated heterocycles. The van der Waals surface area contributed by atoms with Crippen molar-refractivity contribution in [1.82, 2.24) is 10.2 Å². The molecule has 4 nitrogen and oxygen atoms in total. The molecule has 0 unspecified atom stereocenters. The number of hydrogen-bond acceptors (Lipinski definition) is 3. The summed E-state index contributed by atoms with van der Waals surface area (Å²) in [6.45, 7) is 5.49. The molecule has 0 bridgehead atoms. The van der Waals surface area contributed by atoms with E-state index >= 15 is 0 Å². The first kappa shape index (κ1) is 9.48. The molecule has 1 heterocycles. The molecule has 0 aromatic rings. The van der Waals surface area contributed by atoms with Crippen molar-refractivity contribution in [3.63, 3.8) is 0 Å². The van der Waals surface area contributed by atoms with Crippen LogP contribution in [0.5, 0.6) is 0 Å². The fourth-order valence-electron chi connectivity index (χ4n) is 1.20. The minimum atomic E-state index is 0.200. The van der Waals surface area contributed by atoms with E-state index in [-0.39, 0.29) is 5.91 Å². The Morgan fingerprint density at radius 3 is 3.08 bits per heavy atom. The second kappa shape index (κ2) is 5.11. The Hall–Kier alpha value is -0.610. The van der Waals surface area contributed by atoms with Crippen LogP contribution in [0.25, 0.3) is 0 Å². The molecule has 0 aliphatic carbocycles. The Kier molecular flexibility index (Phi) is 4.04. The standard InChI is InChI=1S/C8H16N2O2/c1-2-12-5-3-4-10-7-9-6-8(10)11/h9H,2-7H2,1H3. The number of nitrogens with one attached hydrogen (secondary N) is 1. The minimum Gasteiger partial charge on any atom is -0.382 e. The summed E-state index contributed by atoms with van der Waals surface area (Å²) in [5.41, 5.74) is 0. The molecule has 0 radical (unpaired) electrons. The molecular formula is C8H16N2O2. The molecule has 4 heteroatoms. The summed E-state index contributed by atoms with van der Waals surface area (Å²) >= 11 is 0. The van der Waals surface area contributed by atoms with Crippen LogP contribution in [0.4, 0.5) is 0 Å². The zero-order valence-corrected chi connectivity index (χ0v) is 7.51. The number of amides is 1. The number of carbonyl (C=O) groups is 1. The Labute approximate surface area is 72.9 Å². The molecule has 0 saturated carbocycles. The van der Waals surface area contributed by atoms with Crippen LogP contribution in [0, 0.1) is 0 Å². The lowest BCUT2D eigenvalue weighted by Gasteiger charge is -2.13. The van der Waals surface area contributed by atoms with Gasteiger partial charge in [-0.25, -0.2) is 0 Å². The highest BCUT2D eigenvalue weighted by molar-refractivity contribution is 5.79. The first-order valence-corrected chi connectivity index (χ1v) is 4.41. The first-order valence-electron chi connectivity index (χ1n) is 4.41. The topological polar surface area (TPSA) is 41.6 Å². The van der Waals surface area contributed by atoms with Crippen LogP contribution in [0.15, 0.2) is 0 Å². The number of hydrogen-bond donors (Lipinski definition) is 1. The highest BCUT2D eigenvalue weighted by atomic mass is 16.5. The number of rotatable bonds is 5. The summed E-state index contributed by atoms with van der Waals surface area (Å²) in [5, 5.41) is 3.00. The van der Waals surface area contributed by atoms with Crippen LogP contribution in [-0.2, 0) is 9.53 Å². The maximum Gasteiger partial charge on any atom is 0.237 e. The lowest BCUT2D eigenvalue weighted by molar-refractivity contribution is -0.126. The lowest BCUT2D eigenvalue weighted by Crippen LogP contribution is -2.28. The van der Waals surface area contributed by atoms with E-state index in [0.29, 0.717) is 13.2 Å². The number of nitrogens with zero attached hydrogens (tertiary/aromatic N) is 1. The fourth-order valence-corrected chi connectivity index (χ4v) is 1.20. The van der Waals surface area contributed by atoms with Crippen molar-refractivity contribution >= 4 is 5.91 Å². The molecule has 1 N–H and O–H groups in total. The van der Waals surface area contributed by atoms with Gasteiger partial charge in [-0.1, -0.05) is 0 Å². The predicted octanol–water partition coefficient (Wildman–Crippen LogP) is -0.198. The Bertz CT molecular complexity index is 150. The molecule has 1 rings (SSSR count). The van der Waals surface area contributed by atoms with E-state index in [1.54, 1.807) is 0 Å². The highest BCUT2D eigenvalue weighted by Crippen LogP contribution is 1.96. The van der Waals surface area contributed by atoms with E-state index < -0.39 is 0 Å². The van der Waals surface area contributed by atoms with Crippen LogP contribution in [0.3, 0.4) is 0 Å². The van der Waals surface area contributed by atoms with E-state index in [0.717, 1.165) is 26.2 Å². The van der Waals surface area contributed by atoms with E-state index in [1.165, 1.54) is 0 Å². The predicted molar refractivity (Wildman–Crippen MR) is 45.7 cm³/mol. The van der Waals surface area contributed by atoms with Gasteiger partial charge in [-0.05, 0) is 13.3 Å². The normalized spacial score (nSPS) is 17.4. The molecule has 1 aliphatic heterocycles. The number of ether oxygens (including phenoxy) is 1. The van der Waals surface area contributed by atoms with Gasteiger partial charge in [0, 0.05) is 19.8 Å². The van der Waals surface area contributed by atoms with Gasteiger partial charge in [0.15, 0.2) is 0 Å². The molecule has 0 atom stereocenters. The molecule has 70 valence electrons. The Balaban J connectivity index is 2.02. The largest absolute Gasteiger partial charge is 0.382 e. The van der Waals surface area contributed by atoms with E-state index in [4.69, 9.17) is 4.74 Å². The third kappa shape index (κ3) is 2.79. The molecule has 0 spiro atoms. The van der Waals surface area contributed by atoms with Gasteiger partial charge in [-0.2, -0.15) is 0 Å². The lowest BCUT2D eigenvalue weighted by atomic mass is 10.4. The first-order chi connectivity index (χ1) is 5.84.